The molecule has 0 unspecified atom stereocenters. The van der Waals surface area contributed by atoms with Gasteiger partial charge in [-0.25, -0.2) is 0 Å². The zero-order valence-corrected chi connectivity index (χ0v) is 8.23. The molecule has 0 spiro atoms. The van der Waals surface area contributed by atoms with Gasteiger partial charge in [0.25, 0.3) is 0 Å². The van der Waals surface area contributed by atoms with E-state index >= 15 is 0 Å². The van der Waals surface area contributed by atoms with Crippen molar-refractivity contribution in [2.45, 2.75) is 56.9 Å². The Labute approximate surface area is 75.9 Å². The van der Waals surface area contributed by atoms with Gasteiger partial charge in [-0.15, -0.1) is 0 Å². The summed E-state index contributed by atoms with van der Waals surface area (Å²) >= 11 is 0. The van der Waals surface area contributed by atoms with E-state index in [1.54, 1.807) is 0 Å². The highest BCUT2D eigenvalue weighted by Crippen LogP contribution is 2.41. The van der Waals surface area contributed by atoms with Gasteiger partial charge in [0.1, 0.15) is 0 Å². The Hall–Kier alpha value is -0.0400. The van der Waals surface area contributed by atoms with Crippen LogP contribution in [0.3, 0.4) is 0 Å². The molecule has 0 radical (unpaired) electrons. The van der Waals surface area contributed by atoms with Gasteiger partial charge in [-0.3, -0.25) is 0 Å². The van der Waals surface area contributed by atoms with Crippen LogP contribution >= 0.6 is 0 Å². The van der Waals surface area contributed by atoms with Crippen molar-refractivity contribution in [3.8, 4) is 0 Å². The van der Waals surface area contributed by atoms with Gasteiger partial charge in [0.05, 0.1) is 0 Å². The maximum absolute atomic E-state index is 3.48. The van der Waals surface area contributed by atoms with Gasteiger partial charge in [-0.1, -0.05) is 25.7 Å². The molecule has 0 saturated heterocycles. The first-order valence-corrected chi connectivity index (χ1v) is 5.54. The van der Waals surface area contributed by atoms with Crippen molar-refractivity contribution in [3.05, 3.63) is 0 Å². The van der Waals surface area contributed by atoms with Crippen LogP contribution in [0.25, 0.3) is 0 Å². The van der Waals surface area contributed by atoms with E-state index in [9.17, 15) is 0 Å². The standard InChI is InChI=1S/C11H21N/c1-12-11(8-9-11)7-6-10-4-2-3-5-10/h10,12H,2-9H2,1H3. The Morgan fingerprint density at radius 3 is 2.42 bits per heavy atom. The van der Waals surface area contributed by atoms with Crippen molar-refractivity contribution < 1.29 is 0 Å². The SMILES string of the molecule is CNC1(CCC2CCCC2)CC1. The second-order valence-electron chi connectivity index (χ2n) is 4.72. The second-order valence-corrected chi connectivity index (χ2v) is 4.72. The molecule has 1 nitrogen and oxygen atoms in total. The average Bonchev–Trinajstić information content (AvgIpc) is 2.70. The predicted molar refractivity (Wildman–Crippen MR) is 52.2 cm³/mol. The van der Waals surface area contributed by atoms with Crippen LogP contribution < -0.4 is 5.32 Å². The van der Waals surface area contributed by atoms with Crippen molar-refractivity contribution >= 4 is 0 Å². The van der Waals surface area contributed by atoms with Gasteiger partial charge in [0, 0.05) is 5.54 Å². The molecular formula is C11H21N. The molecule has 0 bridgehead atoms. The maximum atomic E-state index is 3.48. The molecule has 1 N–H and O–H groups in total. The Bertz CT molecular complexity index is 143. The lowest BCUT2D eigenvalue weighted by Crippen LogP contribution is -2.27. The quantitative estimate of drug-likeness (QED) is 0.679. The van der Waals surface area contributed by atoms with E-state index in [2.05, 4.69) is 12.4 Å². The van der Waals surface area contributed by atoms with Gasteiger partial charge in [-0.2, -0.15) is 0 Å². The molecule has 0 aliphatic heterocycles. The van der Waals surface area contributed by atoms with Crippen molar-refractivity contribution in [2.75, 3.05) is 7.05 Å². The van der Waals surface area contributed by atoms with Crippen molar-refractivity contribution in [2.24, 2.45) is 5.92 Å². The number of rotatable bonds is 4. The fourth-order valence-corrected chi connectivity index (χ4v) is 2.56. The van der Waals surface area contributed by atoms with E-state index in [0.29, 0.717) is 5.54 Å². The summed E-state index contributed by atoms with van der Waals surface area (Å²) in [7, 11) is 2.13. The summed E-state index contributed by atoms with van der Waals surface area (Å²) in [6.07, 6.45) is 11.8. The molecule has 2 rings (SSSR count). The van der Waals surface area contributed by atoms with Crippen LogP contribution in [0, 0.1) is 5.92 Å². The molecule has 0 aromatic rings. The Morgan fingerprint density at radius 2 is 1.92 bits per heavy atom. The first-order chi connectivity index (χ1) is 5.85. The van der Waals surface area contributed by atoms with Crippen LogP contribution in [0.1, 0.15) is 51.4 Å². The minimum atomic E-state index is 0.600. The minimum Gasteiger partial charge on any atom is -0.314 e. The third-order valence-electron chi connectivity index (χ3n) is 3.89. The maximum Gasteiger partial charge on any atom is 0.0180 e. The molecule has 0 heterocycles. The topological polar surface area (TPSA) is 12.0 Å². The fourth-order valence-electron chi connectivity index (χ4n) is 2.56. The summed E-state index contributed by atoms with van der Waals surface area (Å²) in [4.78, 5) is 0. The van der Waals surface area contributed by atoms with E-state index < -0.39 is 0 Å². The van der Waals surface area contributed by atoms with Crippen LogP contribution in [-0.2, 0) is 0 Å². The van der Waals surface area contributed by atoms with Gasteiger partial charge in [-0.05, 0) is 38.6 Å². The molecule has 0 aromatic heterocycles. The first-order valence-electron chi connectivity index (χ1n) is 5.54. The van der Waals surface area contributed by atoms with Crippen molar-refractivity contribution in [3.63, 3.8) is 0 Å². The highest BCUT2D eigenvalue weighted by molar-refractivity contribution is 5.00. The molecule has 0 amide bonds. The smallest absolute Gasteiger partial charge is 0.0180 e. The largest absolute Gasteiger partial charge is 0.314 e. The Morgan fingerprint density at radius 1 is 1.25 bits per heavy atom. The highest BCUT2D eigenvalue weighted by atomic mass is 15.0. The van der Waals surface area contributed by atoms with Gasteiger partial charge >= 0.3 is 0 Å². The van der Waals surface area contributed by atoms with Crippen LogP contribution in [-0.4, -0.2) is 12.6 Å². The van der Waals surface area contributed by atoms with E-state index in [0.717, 1.165) is 5.92 Å². The molecule has 1 heteroatoms. The highest BCUT2D eigenvalue weighted by Gasteiger charge is 2.40. The zero-order chi connectivity index (χ0) is 8.44. The predicted octanol–water partition coefficient (Wildman–Crippen LogP) is 2.71. The zero-order valence-electron chi connectivity index (χ0n) is 8.23. The molecular weight excluding hydrogens is 146 g/mol. The molecule has 70 valence electrons. The molecule has 2 aliphatic carbocycles. The molecule has 2 fully saturated rings. The molecule has 2 aliphatic rings. The summed E-state index contributed by atoms with van der Waals surface area (Å²) < 4.78 is 0. The molecule has 2 saturated carbocycles. The van der Waals surface area contributed by atoms with Gasteiger partial charge in [0.15, 0.2) is 0 Å². The van der Waals surface area contributed by atoms with Gasteiger partial charge in [0.2, 0.25) is 0 Å². The number of hydrogen-bond acceptors (Lipinski definition) is 1. The molecule has 0 aromatic carbocycles. The minimum absolute atomic E-state index is 0.600. The van der Waals surface area contributed by atoms with Gasteiger partial charge < -0.3 is 5.32 Å². The summed E-state index contributed by atoms with van der Waals surface area (Å²) in [5, 5.41) is 3.48. The van der Waals surface area contributed by atoms with E-state index in [1.807, 2.05) is 0 Å². The lowest BCUT2D eigenvalue weighted by atomic mass is 9.97. The van der Waals surface area contributed by atoms with E-state index in [-0.39, 0.29) is 0 Å². The van der Waals surface area contributed by atoms with Crippen molar-refractivity contribution in [1.82, 2.24) is 5.32 Å². The second kappa shape index (κ2) is 3.37. The summed E-state index contributed by atoms with van der Waals surface area (Å²) in [5.41, 5.74) is 0.600. The third kappa shape index (κ3) is 1.82. The Kier molecular flexibility index (Phi) is 2.40. The van der Waals surface area contributed by atoms with E-state index in [1.165, 1.54) is 51.4 Å². The first kappa shape index (κ1) is 8.55. The van der Waals surface area contributed by atoms with Crippen LogP contribution in [0.2, 0.25) is 0 Å². The lowest BCUT2D eigenvalue weighted by Gasteiger charge is -2.16. The fraction of sp³-hybridized carbons (Fsp3) is 1.00. The normalized spacial score (nSPS) is 27.8. The van der Waals surface area contributed by atoms with E-state index in [4.69, 9.17) is 0 Å². The van der Waals surface area contributed by atoms with Crippen LogP contribution in [0.5, 0.6) is 0 Å². The summed E-state index contributed by atoms with van der Waals surface area (Å²) in [5.74, 6) is 1.08. The monoisotopic (exact) mass is 167 g/mol. The Balaban J connectivity index is 1.67. The molecule has 12 heavy (non-hydrogen) atoms. The number of hydrogen-bond donors (Lipinski definition) is 1. The third-order valence-corrected chi connectivity index (χ3v) is 3.89. The summed E-state index contributed by atoms with van der Waals surface area (Å²) in [6, 6.07) is 0. The average molecular weight is 167 g/mol. The number of nitrogens with one attached hydrogen (secondary N) is 1. The van der Waals surface area contributed by atoms with Crippen LogP contribution in [0.15, 0.2) is 0 Å². The molecule has 0 atom stereocenters. The lowest BCUT2D eigenvalue weighted by molar-refractivity contribution is 0.409. The summed E-state index contributed by atoms with van der Waals surface area (Å²) in [6.45, 7) is 0. The van der Waals surface area contributed by atoms with Crippen molar-refractivity contribution in [1.29, 1.82) is 0 Å². The van der Waals surface area contributed by atoms with Crippen LogP contribution in [0.4, 0.5) is 0 Å².